The first-order chi connectivity index (χ1) is 6.74. The van der Waals surface area contributed by atoms with Gasteiger partial charge in [-0.05, 0) is 12.7 Å². The molecule has 0 fully saturated rings. The van der Waals surface area contributed by atoms with Crippen molar-refractivity contribution in [2.24, 2.45) is 4.99 Å². The highest BCUT2D eigenvalue weighted by atomic mass is 32.2. The molecule has 0 rings (SSSR count). The van der Waals surface area contributed by atoms with Gasteiger partial charge in [-0.3, -0.25) is 15.1 Å². The second-order valence-electron chi connectivity index (χ2n) is 2.41. The Balaban J connectivity index is 3.87. The van der Waals surface area contributed by atoms with Crippen LogP contribution in [0, 0.1) is 11.5 Å². The molecule has 14 heavy (non-hydrogen) atoms. The van der Waals surface area contributed by atoms with Gasteiger partial charge in [-0.15, -0.1) is 0 Å². The van der Waals surface area contributed by atoms with Crippen molar-refractivity contribution >= 4 is 22.8 Å². The number of aliphatic imine (C=N–C) groups is 1. The minimum Gasteiger partial charge on any atom is -0.355 e. The van der Waals surface area contributed by atoms with E-state index in [1.54, 1.807) is 12.4 Å². The molecule has 0 aliphatic carbocycles. The van der Waals surface area contributed by atoms with Gasteiger partial charge in [0.25, 0.3) is 0 Å². The quantitative estimate of drug-likeness (QED) is 0.305. The molecule has 0 heterocycles. The van der Waals surface area contributed by atoms with Gasteiger partial charge in [0.05, 0.1) is 0 Å². The van der Waals surface area contributed by atoms with Crippen molar-refractivity contribution in [3.63, 3.8) is 0 Å². The van der Waals surface area contributed by atoms with Gasteiger partial charge in [0.1, 0.15) is 6.54 Å². The van der Waals surface area contributed by atoms with E-state index in [1.165, 1.54) is 11.8 Å². The number of nitriles is 1. The van der Waals surface area contributed by atoms with Crippen LogP contribution in [0.2, 0.25) is 0 Å². The van der Waals surface area contributed by atoms with E-state index in [-0.39, 0.29) is 12.5 Å². The molecule has 0 saturated carbocycles. The van der Waals surface area contributed by atoms with Crippen molar-refractivity contribution in [2.45, 2.75) is 13.3 Å². The molecule has 2 N–H and O–H groups in total. The first-order valence-corrected chi connectivity index (χ1v) is 5.47. The lowest BCUT2D eigenvalue weighted by Crippen LogP contribution is -2.27. The van der Waals surface area contributed by atoms with Crippen molar-refractivity contribution in [1.82, 2.24) is 10.6 Å². The van der Waals surface area contributed by atoms with Gasteiger partial charge < -0.3 is 5.32 Å². The van der Waals surface area contributed by atoms with Crippen molar-refractivity contribution in [1.29, 1.82) is 5.26 Å². The summed E-state index contributed by atoms with van der Waals surface area (Å²) in [5, 5.41) is 13.8. The molecule has 0 unspecified atom stereocenters. The van der Waals surface area contributed by atoms with E-state index in [2.05, 4.69) is 15.6 Å². The van der Waals surface area contributed by atoms with Crippen LogP contribution in [0.5, 0.6) is 0 Å². The van der Waals surface area contributed by atoms with Crippen molar-refractivity contribution < 1.29 is 4.79 Å². The topological polar surface area (TPSA) is 77.3 Å². The minimum atomic E-state index is -0.127. The van der Waals surface area contributed by atoms with E-state index in [9.17, 15) is 4.79 Å². The fraction of sp³-hybridized carbons (Fsp3) is 0.625. The molecule has 0 aliphatic heterocycles. The predicted octanol–water partition coefficient (Wildman–Crippen LogP) is 0.302. The van der Waals surface area contributed by atoms with Crippen LogP contribution in [0.15, 0.2) is 4.99 Å². The molecule has 0 spiro atoms. The highest BCUT2D eigenvalue weighted by Gasteiger charge is 1.99. The first kappa shape index (κ1) is 12.8. The zero-order valence-corrected chi connectivity index (χ0v) is 9.15. The molecular formula is C8H14N4OS. The monoisotopic (exact) mass is 214 g/mol. The van der Waals surface area contributed by atoms with Gasteiger partial charge in [-0.1, -0.05) is 18.7 Å². The lowest BCUT2D eigenvalue weighted by molar-refractivity contribution is -0.119. The second kappa shape index (κ2) is 8.38. The number of rotatable bonds is 4. The molecule has 0 aliphatic rings. The van der Waals surface area contributed by atoms with Gasteiger partial charge in [-0.2, -0.15) is 5.26 Å². The van der Waals surface area contributed by atoms with E-state index in [0.717, 1.165) is 6.42 Å². The Kier molecular flexibility index (Phi) is 7.65. The molecule has 0 bridgehead atoms. The van der Waals surface area contributed by atoms with Crippen LogP contribution in [0.4, 0.5) is 0 Å². The summed E-state index contributed by atoms with van der Waals surface area (Å²) in [6, 6.07) is 0. The zero-order valence-electron chi connectivity index (χ0n) is 8.33. The second-order valence-corrected chi connectivity index (χ2v) is 3.21. The Morgan fingerprint density at radius 3 is 2.86 bits per heavy atom. The Morgan fingerprint density at radius 1 is 1.64 bits per heavy atom. The standard InChI is InChI=1S/C8H14N4OS/c1-3-4-10-7(13)5-11-8(14-2)12-6-9/h3-5H2,1-2H3,(H,10,13)(H,11,12). The largest absolute Gasteiger partial charge is 0.355 e. The average Bonchev–Trinajstić information content (AvgIpc) is 2.21. The first-order valence-electron chi connectivity index (χ1n) is 4.24. The molecule has 0 atom stereocenters. The maximum Gasteiger partial charge on any atom is 0.241 e. The van der Waals surface area contributed by atoms with Gasteiger partial charge in [0.15, 0.2) is 11.4 Å². The normalized spacial score (nSPS) is 10.5. The number of amides is 1. The summed E-state index contributed by atoms with van der Waals surface area (Å²) in [6.07, 6.45) is 4.44. The third-order valence-electron chi connectivity index (χ3n) is 1.29. The number of amidine groups is 1. The summed E-state index contributed by atoms with van der Waals surface area (Å²) >= 11 is 1.30. The molecule has 0 radical (unpaired) electrons. The highest BCUT2D eigenvalue weighted by molar-refractivity contribution is 8.13. The van der Waals surface area contributed by atoms with Crippen molar-refractivity contribution in [3.05, 3.63) is 0 Å². The van der Waals surface area contributed by atoms with Crippen LogP contribution in [0.3, 0.4) is 0 Å². The lowest BCUT2D eigenvalue weighted by atomic mass is 10.4. The van der Waals surface area contributed by atoms with Crippen LogP contribution >= 0.6 is 11.8 Å². The van der Waals surface area contributed by atoms with Crippen molar-refractivity contribution in [2.75, 3.05) is 19.3 Å². The summed E-state index contributed by atoms with van der Waals surface area (Å²) in [4.78, 5) is 15.0. The molecule has 78 valence electrons. The molecule has 5 nitrogen and oxygen atoms in total. The van der Waals surface area contributed by atoms with Crippen LogP contribution < -0.4 is 10.6 Å². The van der Waals surface area contributed by atoms with E-state index >= 15 is 0 Å². The van der Waals surface area contributed by atoms with Crippen LogP contribution in [0.1, 0.15) is 13.3 Å². The molecule has 1 amide bonds. The number of nitrogens with one attached hydrogen (secondary N) is 2. The average molecular weight is 214 g/mol. The van der Waals surface area contributed by atoms with E-state index in [0.29, 0.717) is 11.7 Å². The number of hydrogen-bond donors (Lipinski definition) is 2. The maximum atomic E-state index is 11.1. The van der Waals surface area contributed by atoms with Gasteiger partial charge >= 0.3 is 0 Å². The Hall–Kier alpha value is -1.22. The number of thioether (sulfide) groups is 1. The van der Waals surface area contributed by atoms with Crippen molar-refractivity contribution in [3.8, 4) is 6.19 Å². The Morgan fingerprint density at radius 2 is 2.36 bits per heavy atom. The van der Waals surface area contributed by atoms with Gasteiger partial charge in [-0.25, -0.2) is 0 Å². The summed E-state index contributed by atoms with van der Waals surface area (Å²) in [7, 11) is 0. The molecule has 0 aromatic heterocycles. The van der Waals surface area contributed by atoms with Gasteiger partial charge in [0.2, 0.25) is 5.91 Å². The van der Waals surface area contributed by atoms with Gasteiger partial charge in [0, 0.05) is 6.54 Å². The number of nitrogens with zero attached hydrogens (tertiary/aromatic N) is 2. The SMILES string of the molecule is CCCNC(=O)CN=C(NC#N)SC. The molecule has 6 heteroatoms. The van der Waals surface area contributed by atoms with E-state index in [4.69, 9.17) is 5.26 Å². The molecule has 0 aromatic rings. The molecule has 0 saturated heterocycles. The molecule has 0 aromatic carbocycles. The Bertz CT molecular complexity index is 246. The summed E-state index contributed by atoms with van der Waals surface area (Å²) in [5.74, 6) is -0.127. The third kappa shape index (κ3) is 6.31. The van der Waals surface area contributed by atoms with E-state index in [1.807, 2.05) is 6.92 Å². The number of carbonyl (C=O) groups is 1. The fourth-order valence-corrected chi connectivity index (χ4v) is 1.01. The minimum absolute atomic E-state index is 0.0604. The zero-order chi connectivity index (χ0) is 10.8. The summed E-state index contributed by atoms with van der Waals surface area (Å²) in [5.41, 5.74) is 0. The van der Waals surface area contributed by atoms with Crippen LogP contribution in [-0.2, 0) is 4.79 Å². The smallest absolute Gasteiger partial charge is 0.241 e. The lowest BCUT2D eigenvalue weighted by Gasteiger charge is -2.01. The van der Waals surface area contributed by atoms with E-state index < -0.39 is 0 Å². The summed E-state index contributed by atoms with van der Waals surface area (Å²) < 4.78 is 0. The third-order valence-corrected chi connectivity index (χ3v) is 1.91. The number of hydrogen-bond acceptors (Lipinski definition) is 4. The van der Waals surface area contributed by atoms with Crippen LogP contribution in [0.25, 0.3) is 0 Å². The number of carbonyl (C=O) groups excluding carboxylic acids is 1. The summed E-state index contributed by atoms with van der Waals surface area (Å²) in [6.45, 7) is 2.70. The maximum absolute atomic E-state index is 11.1. The molecular weight excluding hydrogens is 200 g/mol. The Labute approximate surface area is 88.0 Å². The highest BCUT2D eigenvalue weighted by Crippen LogP contribution is 1.93. The van der Waals surface area contributed by atoms with Crippen LogP contribution in [-0.4, -0.2) is 30.4 Å². The predicted molar refractivity (Wildman–Crippen MR) is 57.9 cm³/mol. The fourth-order valence-electron chi connectivity index (χ4n) is 0.667.